The van der Waals surface area contributed by atoms with Crippen LogP contribution >= 0.6 is 0 Å². The van der Waals surface area contributed by atoms with Crippen molar-refractivity contribution in [2.45, 2.75) is 39.2 Å². The van der Waals surface area contributed by atoms with E-state index in [1.54, 1.807) is 0 Å². The van der Waals surface area contributed by atoms with Gasteiger partial charge in [0.2, 0.25) is 0 Å². The van der Waals surface area contributed by atoms with Gasteiger partial charge in [0.1, 0.15) is 5.52 Å². The number of carbonyl (C=O) groups is 1. The van der Waals surface area contributed by atoms with Gasteiger partial charge in [0.05, 0.1) is 13.0 Å². The maximum absolute atomic E-state index is 11.8. The van der Waals surface area contributed by atoms with Crippen molar-refractivity contribution in [2.24, 2.45) is 0 Å². The third kappa shape index (κ3) is 4.31. The highest BCUT2D eigenvalue weighted by Gasteiger charge is 2.27. The third-order valence-corrected chi connectivity index (χ3v) is 4.78. The summed E-state index contributed by atoms with van der Waals surface area (Å²) < 4.78 is 11.0. The molecule has 3 rings (SSSR count). The standard InChI is InChI=1S/C19H27N3O3/c1-3-21-12-7-8-15(21)14-22(13-11-18(23)24-4-2)19-20-16-9-5-6-10-17(16)25-19/h5-6,9-10,15H,3-4,7-8,11-14H2,1-2H3/t15-/m1/s1. The first kappa shape index (κ1) is 17.7. The number of para-hydroxylation sites is 2. The average Bonchev–Trinajstić information content (AvgIpc) is 3.24. The predicted molar refractivity (Wildman–Crippen MR) is 97.7 cm³/mol. The van der Waals surface area contributed by atoms with Crippen LogP contribution < -0.4 is 4.90 Å². The van der Waals surface area contributed by atoms with Crippen LogP contribution in [-0.2, 0) is 9.53 Å². The van der Waals surface area contributed by atoms with Crippen LogP contribution in [0, 0.1) is 0 Å². The normalized spacial score (nSPS) is 17.9. The number of esters is 1. The summed E-state index contributed by atoms with van der Waals surface area (Å²) in [5.74, 6) is -0.178. The minimum atomic E-state index is -0.178. The lowest BCUT2D eigenvalue weighted by atomic mass is 10.2. The van der Waals surface area contributed by atoms with Crippen LogP contribution in [0.4, 0.5) is 6.01 Å². The van der Waals surface area contributed by atoms with Crippen molar-refractivity contribution in [3.63, 3.8) is 0 Å². The van der Waals surface area contributed by atoms with Crippen LogP contribution in [0.25, 0.3) is 11.1 Å². The fraction of sp³-hybridized carbons (Fsp3) is 0.579. The van der Waals surface area contributed by atoms with Crippen molar-refractivity contribution in [2.75, 3.05) is 37.7 Å². The number of oxazole rings is 1. The predicted octanol–water partition coefficient (Wildman–Crippen LogP) is 3.07. The number of benzene rings is 1. The van der Waals surface area contributed by atoms with Gasteiger partial charge in [-0.2, -0.15) is 4.98 Å². The molecule has 1 aromatic carbocycles. The maximum Gasteiger partial charge on any atom is 0.307 e. The summed E-state index contributed by atoms with van der Waals surface area (Å²) in [5, 5.41) is 0. The molecule has 1 aromatic heterocycles. The molecule has 0 bridgehead atoms. The van der Waals surface area contributed by atoms with E-state index >= 15 is 0 Å². The molecule has 0 saturated carbocycles. The fourth-order valence-corrected chi connectivity index (χ4v) is 3.49. The highest BCUT2D eigenvalue weighted by molar-refractivity contribution is 5.74. The molecule has 1 aliphatic heterocycles. The zero-order valence-electron chi connectivity index (χ0n) is 15.1. The molecule has 136 valence electrons. The van der Waals surface area contributed by atoms with Crippen molar-refractivity contribution in [3.05, 3.63) is 24.3 Å². The molecule has 25 heavy (non-hydrogen) atoms. The molecule has 2 heterocycles. The first-order valence-corrected chi connectivity index (χ1v) is 9.21. The minimum absolute atomic E-state index is 0.178. The summed E-state index contributed by atoms with van der Waals surface area (Å²) in [6.45, 7) is 7.99. The summed E-state index contributed by atoms with van der Waals surface area (Å²) in [6.07, 6.45) is 2.73. The molecule has 1 fully saturated rings. The van der Waals surface area contributed by atoms with E-state index in [9.17, 15) is 4.79 Å². The zero-order chi connectivity index (χ0) is 17.6. The molecule has 1 aliphatic rings. The van der Waals surface area contributed by atoms with Gasteiger partial charge in [-0.05, 0) is 45.0 Å². The number of aromatic nitrogens is 1. The first-order valence-electron chi connectivity index (χ1n) is 9.21. The average molecular weight is 345 g/mol. The number of hydrogen-bond acceptors (Lipinski definition) is 6. The molecule has 0 spiro atoms. The Balaban J connectivity index is 1.76. The van der Waals surface area contributed by atoms with E-state index < -0.39 is 0 Å². The van der Waals surface area contributed by atoms with Crippen LogP contribution in [0.5, 0.6) is 0 Å². The molecule has 0 amide bonds. The number of rotatable bonds is 8. The lowest BCUT2D eigenvalue weighted by Crippen LogP contribution is -2.41. The maximum atomic E-state index is 11.8. The van der Waals surface area contributed by atoms with Gasteiger partial charge in [-0.15, -0.1) is 0 Å². The highest BCUT2D eigenvalue weighted by Crippen LogP contribution is 2.25. The Morgan fingerprint density at radius 1 is 1.40 bits per heavy atom. The van der Waals surface area contributed by atoms with Gasteiger partial charge in [0, 0.05) is 19.1 Å². The lowest BCUT2D eigenvalue weighted by Gasteiger charge is -2.29. The Bertz CT molecular complexity index is 667. The summed E-state index contributed by atoms with van der Waals surface area (Å²) in [6, 6.07) is 8.82. The number of nitrogens with zero attached hydrogens (tertiary/aromatic N) is 3. The summed E-state index contributed by atoms with van der Waals surface area (Å²) >= 11 is 0. The number of likely N-dealkylation sites (tertiary alicyclic amines) is 1. The molecule has 6 nitrogen and oxygen atoms in total. The van der Waals surface area contributed by atoms with Crippen LogP contribution in [0.15, 0.2) is 28.7 Å². The Labute approximate surface area is 148 Å². The molecule has 0 aliphatic carbocycles. The van der Waals surface area contributed by atoms with Crippen LogP contribution in [-0.4, -0.2) is 54.7 Å². The molecule has 1 atom stereocenters. The second-order valence-corrected chi connectivity index (χ2v) is 6.39. The Morgan fingerprint density at radius 2 is 2.24 bits per heavy atom. The quantitative estimate of drug-likeness (QED) is 0.685. The molecule has 0 unspecified atom stereocenters. The minimum Gasteiger partial charge on any atom is -0.466 e. The van der Waals surface area contributed by atoms with E-state index in [-0.39, 0.29) is 5.97 Å². The van der Waals surface area contributed by atoms with E-state index in [0.717, 1.165) is 30.7 Å². The number of fused-ring (bicyclic) bond motifs is 1. The summed E-state index contributed by atoms with van der Waals surface area (Å²) in [4.78, 5) is 21.0. The Kier molecular flexibility index (Phi) is 5.91. The molecule has 1 saturated heterocycles. The fourth-order valence-electron chi connectivity index (χ4n) is 3.49. The Hall–Kier alpha value is -2.08. The van der Waals surface area contributed by atoms with Crippen LogP contribution in [0.3, 0.4) is 0 Å². The Morgan fingerprint density at radius 3 is 3.00 bits per heavy atom. The SMILES string of the molecule is CCOC(=O)CCN(C[C@H]1CCCN1CC)c1nc2ccccc2o1. The van der Waals surface area contributed by atoms with E-state index in [1.807, 2.05) is 31.2 Å². The van der Waals surface area contributed by atoms with Gasteiger partial charge in [-0.3, -0.25) is 9.69 Å². The van der Waals surface area contributed by atoms with Gasteiger partial charge < -0.3 is 14.1 Å². The van der Waals surface area contributed by atoms with Crippen molar-refractivity contribution in [1.29, 1.82) is 0 Å². The largest absolute Gasteiger partial charge is 0.466 e. The van der Waals surface area contributed by atoms with Crippen LogP contribution in [0.2, 0.25) is 0 Å². The molecule has 0 radical (unpaired) electrons. The van der Waals surface area contributed by atoms with E-state index in [1.165, 1.54) is 12.8 Å². The molecular weight excluding hydrogens is 318 g/mol. The van der Waals surface area contributed by atoms with Gasteiger partial charge >= 0.3 is 5.97 Å². The number of hydrogen-bond donors (Lipinski definition) is 0. The third-order valence-electron chi connectivity index (χ3n) is 4.78. The van der Waals surface area contributed by atoms with Crippen molar-refractivity contribution in [3.8, 4) is 0 Å². The number of anilines is 1. The van der Waals surface area contributed by atoms with Gasteiger partial charge in [0.15, 0.2) is 5.58 Å². The monoisotopic (exact) mass is 345 g/mol. The van der Waals surface area contributed by atoms with E-state index in [4.69, 9.17) is 9.15 Å². The van der Waals surface area contributed by atoms with Crippen molar-refractivity contribution < 1.29 is 13.9 Å². The van der Waals surface area contributed by atoms with E-state index in [2.05, 4.69) is 21.7 Å². The smallest absolute Gasteiger partial charge is 0.307 e. The molecule has 2 aromatic rings. The second kappa shape index (κ2) is 8.34. The molecule has 6 heteroatoms. The first-order chi connectivity index (χ1) is 12.2. The lowest BCUT2D eigenvalue weighted by molar-refractivity contribution is -0.142. The van der Waals surface area contributed by atoms with Gasteiger partial charge in [-0.25, -0.2) is 0 Å². The highest BCUT2D eigenvalue weighted by atomic mass is 16.5. The summed E-state index contributed by atoms with van der Waals surface area (Å²) in [5.41, 5.74) is 1.62. The molecular formula is C19H27N3O3. The van der Waals surface area contributed by atoms with E-state index in [0.29, 0.717) is 31.6 Å². The van der Waals surface area contributed by atoms with Gasteiger partial charge in [-0.1, -0.05) is 19.1 Å². The second-order valence-electron chi connectivity index (χ2n) is 6.39. The zero-order valence-corrected chi connectivity index (χ0v) is 15.1. The van der Waals surface area contributed by atoms with Crippen molar-refractivity contribution in [1.82, 2.24) is 9.88 Å². The summed E-state index contributed by atoms with van der Waals surface area (Å²) in [7, 11) is 0. The topological polar surface area (TPSA) is 58.8 Å². The number of ether oxygens (including phenoxy) is 1. The van der Waals surface area contributed by atoms with Crippen LogP contribution in [0.1, 0.15) is 33.1 Å². The number of carbonyl (C=O) groups excluding carboxylic acids is 1. The molecule has 0 N–H and O–H groups in total. The number of likely N-dealkylation sites (N-methyl/N-ethyl adjacent to an activating group) is 1. The van der Waals surface area contributed by atoms with Crippen molar-refractivity contribution >= 4 is 23.1 Å². The van der Waals surface area contributed by atoms with Gasteiger partial charge in [0.25, 0.3) is 6.01 Å².